The van der Waals surface area contributed by atoms with Gasteiger partial charge in [0.1, 0.15) is 11.3 Å². The van der Waals surface area contributed by atoms with Gasteiger partial charge in [0, 0.05) is 6.20 Å². The highest BCUT2D eigenvalue weighted by atomic mass is 16.4. The van der Waals surface area contributed by atoms with E-state index in [-0.39, 0.29) is 11.4 Å². The first kappa shape index (κ1) is 13.3. The average molecular weight is 264 g/mol. The normalized spacial score (nSPS) is 17.7. The monoisotopic (exact) mass is 264 g/mol. The molecular formula is C13H16N2O4. The molecule has 6 heteroatoms. The fourth-order valence-corrected chi connectivity index (χ4v) is 2.40. The second-order valence-corrected chi connectivity index (χ2v) is 4.77. The first-order valence-electron chi connectivity index (χ1n) is 6.25. The lowest BCUT2D eigenvalue weighted by Crippen LogP contribution is -2.55. The minimum absolute atomic E-state index is 0.145. The summed E-state index contributed by atoms with van der Waals surface area (Å²) in [5.41, 5.74) is -1.38. The number of aromatic hydroxyl groups is 1. The summed E-state index contributed by atoms with van der Waals surface area (Å²) in [7, 11) is 0. The zero-order valence-corrected chi connectivity index (χ0v) is 10.4. The van der Waals surface area contributed by atoms with Crippen LogP contribution in [0.25, 0.3) is 0 Å². The maximum atomic E-state index is 12.0. The molecule has 6 nitrogen and oxygen atoms in total. The zero-order chi connectivity index (χ0) is 13.9. The number of pyridine rings is 1. The van der Waals surface area contributed by atoms with Crippen LogP contribution in [0, 0.1) is 0 Å². The molecule has 2 rings (SSSR count). The van der Waals surface area contributed by atoms with Gasteiger partial charge < -0.3 is 15.5 Å². The van der Waals surface area contributed by atoms with E-state index < -0.39 is 17.4 Å². The average Bonchev–Trinajstić information content (AvgIpc) is 2.40. The molecule has 0 aliphatic heterocycles. The number of rotatable bonds is 3. The molecule has 1 fully saturated rings. The van der Waals surface area contributed by atoms with E-state index >= 15 is 0 Å². The van der Waals surface area contributed by atoms with Crippen LogP contribution in [0.2, 0.25) is 0 Å². The smallest absolute Gasteiger partial charge is 0.329 e. The first-order valence-corrected chi connectivity index (χ1v) is 6.25. The highest BCUT2D eigenvalue weighted by Gasteiger charge is 2.41. The predicted molar refractivity (Wildman–Crippen MR) is 66.8 cm³/mol. The van der Waals surface area contributed by atoms with Gasteiger partial charge in [0.15, 0.2) is 5.69 Å². The molecule has 1 aromatic rings. The largest absolute Gasteiger partial charge is 0.505 e. The molecule has 0 unspecified atom stereocenters. The minimum Gasteiger partial charge on any atom is -0.505 e. The molecule has 1 heterocycles. The first-order chi connectivity index (χ1) is 9.05. The van der Waals surface area contributed by atoms with Crippen LogP contribution in [0.15, 0.2) is 18.3 Å². The summed E-state index contributed by atoms with van der Waals surface area (Å²) in [5.74, 6) is -1.94. The molecule has 0 atom stereocenters. The summed E-state index contributed by atoms with van der Waals surface area (Å²) in [6.07, 6.45) is 4.69. The summed E-state index contributed by atoms with van der Waals surface area (Å²) in [5, 5.41) is 21.4. The van der Waals surface area contributed by atoms with Gasteiger partial charge in [-0.05, 0) is 25.0 Å². The molecule has 19 heavy (non-hydrogen) atoms. The van der Waals surface area contributed by atoms with Gasteiger partial charge in [0.2, 0.25) is 0 Å². The molecule has 1 aromatic heterocycles. The van der Waals surface area contributed by atoms with Crippen molar-refractivity contribution < 1.29 is 19.8 Å². The number of carboxylic acid groups (broad SMARTS) is 1. The van der Waals surface area contributed by atoms with E-state index in [9.17, 15) is 19.8 Å². The van der Waals surface area contributed by atoms with Crippen LogP contribution < -0.4 is 5.32 Å². The Morgan fingerprint density at radius 1 is 1.26 bits per heavy atom. The summed E-state index contributed by atoms with van der Waals surface area (Å²) in [6.45, 7) is 0. The fourth-order valence-electron chi connectivity index (χ4n) is 2.40. The Morgan fingerprint density at radius 2 is 1.95 bits per heavy atom. The van der Waals surface area contributed by atoms with Crippen molar-refractivity contribution in [3.8, 4) is 5.75 Å². The number of aliphatic carboxylic acids is 1. The number of aromatic nitrogens is 1. The zero-order valence-electron chi connectivity index (χ0n) is 10.4. The summed E-state index contributed by atoms with van der Waals surface area (Å²) in [6, 6.07) is 2.84. The van der Waals surface area contributed by atoms with Crippen molar-refractivity contribution in [2.45, 2.75) is 37.6 Å². The van der Waals surface area contributed by atoms with Gasteiger partial charge in [0.05, 0.1) is 0 Å². The van der Waals surface area contributed by atoms with Crippen molar-refractivity contribution in [1.82, 2.24) is 10.3 Å². The Bertz CT molecular complexity index is 495. The lowest BCUT2D eigenvalue weighted by Gasteiger charge is -2.33. The number of hydrogen-bond donors (Lipinski definition) is 3. The van der Waals surface area contributed by atoms with Crippen LogP contribution in [0.3, 0.4) is 0 Å². The van der Waals surface area contributed by atoms with Gasteiger partial charge in [-0.25, -0.2) is 9.78 Å². The van der Waals surface area contributed by atoms with Crippen LogP contribution in [0.4, 0.5) is 0 Å². The van der Waals surface area contributed by atoms with Crippen LogP contribution in [-0.2, 0) is 4.79 Å². The Balaban J connectivity index is 2.20. The van der Waals surface area contributed by atoms with Gasteiger partial charge in [-0.2, -0.15) is 0 Å². The summed E-state index contributed by atoms with van der Waals surface area (Å²) >= 11 is 0. The molecule has 1 amide bonds. The van der Waals surface area contributed by atoms with Crippen LogP contribution >= 0.6 is 0 Å². The van der Waals surface area contributed by atoms with Gasteiger partial charge in [-0.1, -0.05) is 19.3 Å². The molecule has 0 aromatic carbocycles. The maximum Gasteiger partial charge on any atom is 0.329 e. The van der Waals surface area contributed by atoms with Crippen molar-refractivity contribution in [2.24, 2.45) is 0 Å². The minimum atomic E-state index is -1.24. The molecule has 0 spiro atoms. The van der Waals surface area contributed by atoms with Crippen molar-refractivity contribution in [3.63, 3.8) is 0 Å². The Labute approximate surface area is 110 Å². The van der Waals surface area contributed by atoms with E-state index in [1.807, 2.05) is 0 Å². The standard InChI is InChI=1S/C13H16N2O4/c16-9-5-4-8-14-10(9)11(17)15-13(12(18)19)6-2-1-3-7-13/h4-5,8,16H,1-3,6-7H2,(H,15,17)(H,18,19). The molecular weight excluding hydrogens is 248 g/mol. The van der Waals surface area contributed by atoms with Gasteiger partial charge >= 0.3 is 5.97 Å². The van der Waals surface area contributed by atoms with E-state index in [1.54, 1.807) is 0 Å². The predicted octanol–water partition coefficient (Wildman–Crippen LogP) is 1.30. The van der Waals surface area contributed by atoms with Crippen molar-refractivity contribution in [1.29, 1.82) is 0 Å². The number of carbonyl (C=O) groups is 2. The molecule has 0 saturated heterocycles. The van der Waals surface area contributed by atoms with E-state index in [4.69, 9.17) is 0 Å². The van der Waals surface area contributed by atoms with Crippen molar-refractivity contribution in [2.75, 3.05) is 0 Å². The molecule has 1 aliphatic carbocycles. The third kappa shape index (κ3) is 2.67. The molecule has 1 aliphatic rings. The van der Waals surface area contributed by atoms with Crippen LogP contribution in [0.5, 0.6) is 5.75 Å². The quantitative estimate of drug-likeness (QED) is 0.764. The van der Waals surface area contributed by atoms with Crippen molar-refractivity contribution in [3.05, 3.63) is 24.0 Å². The Hall–Kier alpha value is -2.11. The highest BCUT2D eigenvalue weighted by molar-refractivity contribution is 5.98. The summed E-state index contributed by atoms with van der Waals surface area (Å²) < 4.78 is 0. The fraction of sp³-hybridized carbons (Fsp3) is 0.462. The second-order valence-electron chi connectivity index (χ2n) is 4.77. The van der Waals surface area contributed by atoms with Gasteiger partial charge in [-0.15, -0.1) is 0 Å². The van der Waals surface area contributed by atoms with Crippen LogP contribution in [0.1, 0.15) is 42.6 Å². The van der Waals surface area contributed by atoms with E-state index in [0.29, 0.717) is 12.8 Å². The Morgan fingerprint density at radius 3 is 2.53 bits per heavy atom. The molecule has 102 valence electrons. The van der Waals surface area contributed by atoms with E-state index in [2.05, 4.69) is 10.3 Å². The maximum absolute atomic E-state index is 12.0. The third-order valence-corrected chi connectivity index (χ3v) is 3.47. The molecule has 3 N–H and O–H groups in total. The van der Waals surface area contributed by atoms with E-state index in [1.165, 1.54) is 18.3 Å². The van der Waals surface area contributed by atoms with Crippen molar-refractivity contribution >= 4 is 11.9 Å². The number of carboxylic acids is 1. The topological polar surface area (TPSA) is 99.5 Å². The highest BCUT2D eigenvalue weighted by Crippen LogP contribution is 2.29. The molecule has 1 saturated carbocycles. The molecule has 0 bridgehead atoms. The third-order valence-electron chi connectivity index (χ3n) is 3.47. The van der Waals surface area contributed by atoms with Gasteiger partial charge in [-0.3, -0.25) is 4.79 Å². The van der Waals surface area contributed by atoms with E-state index in [0.717, 1.165) is 19.3 Å². The number of nitrogens with zero attached hydrogens (tertiary/aromatic N) is 1. The summed E-state index contributed by atoms with van der Waals surface area (Å²) in [4.78, 5) is 27.3. The second kappa shape index (κ2) is 5.26. The lowest BCUT2D eigenvalue weighted by atomic mass is 9.81. The number of hydrogen-bond acceptors (Lipinski definition) is 4. The SMILES string of the molecule is O=C(NC1(C(=O)O)CCCCC1)c1ncccc1O. The lowest BCUT2D eigenvalue weighted by molar-refractivity contribution is -0.145. The molecule has 0 radical (unpaired) electrons. The number of carbonyl (C=O) groups excluding carboxylic acids is 1. The van der Waals surface area contributed by atoms with Gasteiger partial charge in [0.25, 0.3) is 5.91 Å². The van der Waals surface area contributed by atoms with Crippen LogP contribution in [-0.4, -0.2) is 32.6 Å². The number of amides is 1. The Kier molecular flexibility index (Phi) is 3.69. The number of nitrogens with one attached hydrogen (secondary N) is 1.